The van der Waals surface area contributed by atoms with E-state index in [1.54, 1.807) is 0 Å². The van der Waals surface area contributed by atoms with Crippen molar-refractivity contribution in [3.05, 3.63) is 33.3 Å². The van der Waals surface area contributed by atoms with Crippen LogP contribution >= 0.6 is 27.5 Å². The zero-order chi connectivity index (χ0) is 10.2. The first-order valence-corrected chi connectivity index (χ1v) is 5.63. The fourth-order valence-electron chi connectivity index (χ4n) is 1.56. The van der Waals surface area contributed by atoms with Crippen LogP contribution in [0.25, 0.3) is 0 Å². The minimum atomic E-state index is -0.573. The molecule has 1 saturated heterocycles. The monoisotopic (exact) mass is 275 g/mol. The maximum atomic E-state index is 9.94. The standard InChI is InChI=1S/C10H11BrClNO/c11-9-3-8(12)2-1-7(9)4-10(14)5-13-6-10/h1-3,13-14H,4-6H2. The van der Waals surface area contributed by atoms with Crippen molar-refractivity contribution in [3.8, 4) is 0 Å². The van der Waals surface area contributed by atoms with Crippen LogP contribution in [0.15, 0.2) is 22.7 Å². The van der Waals surface area contributed by atoms with Gasteiger partial charge in [-0.15, -0.1) is 0 Å². The lowest BCUT2D eigenvalue weighted by Gasteiger charge is -2.38. The Hall–Kier alpha value is -0.0900. The van der Waals surface area contributed by atoms with Gasteiger partial charge in [0.15, 0.2) is 0 Å². The second-order valence-electron chi connectivity index (χ2n) is 3.74. The highest BCUT2D eigenvalue weighted by Gasteiger charge is 2.34. The molecule has 1 aromatic rings. The molecule has 0 saturated carbocycles. The second-order valence-corrected chi connectivity index (χ2v) is 5.03. The third kappa shape index (κ3) is 2.11. The van der Waals surface area contributed by atoms with Crippen LogP contribution in [-0.2, 0) is 6.42 Å². The van der Waals surface area contributed by atoms with E-state index in [0.29, 0.717) is 24.5 Å². The summed E-state index contributed by atoms with van der Waals surface area (Å²) in [7, 11) is 0. The molecule has 0 aliphatic carbocycles. The second kappa shape index (κ2) is 3.81. The van der Waals surface area contributed by atoms with Crippen LogP contribution in [0.1, 0.15) is 5.56 Å². The van der Waals surface area contributed by atoms with Gasteiger partial charge in [0, 0.05) is 29.0 Å². The van der Waals surface area contributed by atoms with Gasteiger partial charge in [-0.1, -0.05) is 33.6 Å². The number of β-amino-alcohol motifs (C(OH)–C–C–N with tert-alkyl or cyclic N) is 1. The SMILES string of the molecule is OC1(Cc2ccc(Cl)cc2Br)CNC1. The molecule has 1 heterocycles. The van der Waals surface area contributed by atoms with E-state index < -0.39 is 5.60 Å². The number of hydrogen-bond acceptors (Lipinski definition) is 2. The van der Waals surface area contributed by atoms with Crippen LogP contribution in [0.5, 0.6) is 0 Å². The van der Waals surface area contributed by atoms with E-state index >= 15 is 0 Å². The summed E-state index contributed by atoms with van der Waals surface area (Å²) in [6.07, 6.45) is 0.664. The summed E-state index contributed by atoms with van der Waals surface area (Å²) < 4.78 is 0.963. The molecule has 1 fully saturated rings. The largest absolute Gasteiger partial charge is 0.387 e. The Labute approximate surface area is 96.4 Å². The lowest BCUT2D eigenvalue weighted by atomic mass is 9.89. The first kappa shape index (κ1) is 10.4. The van der Waals surface area contributed by atoms with Gasteiger partial charge in [-0.25, -0.2) is 0 Å². The van der Waals surface area contributed by atoms with Gasteiger partial charge in [0.1, 0.15) is 0 Å². The number of rotatable bonds is 2. The Bertz CT molecular complexity index is 352. The fraction of sp³-hybridized carbons (Fsp3) is 0.400. The summed E-state index contributed by atoms with van der Waals surface area (Å²) in [5.74, 6) is 0. The zero-order valence-electron chi connectivity index (χ0n) is 7.56. The van der Waals surface area contributed by atoms with Gasteiger partial charge in [0.05, 0.1) is 5.60 Å². The van der Waals surface area contributed by atoms with Gasteiger partial charge in [-0.2, -0.15) is 0 Å². The Morgan fingerprint density at radius 1 is 1.50 bits per heavy atom. The Balaban J connectivity index is 2.16. The predicted octanol–water partition coefficient (Wildman–Crippen LogP) is 1.98. The van der Waals surface area contributed by atoms with Crippen molar-refractivity contribution in [2.45, 2.75) is 12.0 Å². The highest BCUT2D eigenvalue weighted by Crippen LogP contribution is 2.26. The van der Waals surface area contributed by atoms with Crippen molar-refractivity contribution in [1.82, 2.24) is 5.32 Å². The minimum absolute atomic E-state index is 0.573. The van der Waals surface area contributed by atoms with Gasteiger partial charge < -0.3 is 10.4 Å². The average Bonchev–Trinajstić information content (AvgIpc) is 2.07. The summed E-state index contributed by atoms with van der Waals surface area (Å²) >= 11 is 9.27. The van der Waals surface area contributed by atoms with E-state index in [4.69, 9.17) is 11.6 Å². The summed E-state index contributed by atoms with van der Waals surface area (Å²) in [5.41, 5.74) is 0.523. The van der Waals surface area contributed by atoms with Crippen LogP contribution < -0.4 is 5.32 Å². The van der Waals surface area contributed by atoms with Crippen molar-refractivity contribution in [2.75, 3.05) is 13.1 Å². The third-order valence-corrected chi connectivity index (χ3v) is 3.42. The molecule has 0 radical (unpaired) electrons. The van der Waals surface area contributed by atoms with E-state index in [2.05, 4.69) is 21.2 Å². The van der Waals surface area contributed by atoms with E-state index in [0.717, 1.165) is 10.0 Å². The topological polar surface area (TPSA) is 32.3 Å². The first-order valence-electron chi connectivity index (χ1n) is 4.46. The maximum Gasteiger partial charge on any atom is 0.0935 e. The molecule has 1 aliphatic heterocycles. The molecule has 2 rings (SSSR count). The van der Waals surface area contributed by atoms with E-state index in [-0.39, 0.29) is 0 Å². The third-order valence-electron chi connectivity index (χ3n) is 2.44. The van der Waals surface area contributed by atoms with Crippen LogP contribution in [0, 0.1) is 0 Å². The smallest absolute Gasteiger partial charge is 0.0935 e. The molecule has 0 bridgehead atoms. The number of benzene rings is 1. The van der Waals surface area contributed by atoms with Gasteiger partial charge in [-0.3, -0.25) is 0 Å². The summed E-state index contributed by atoms with van der Waals surface area (Å²) in [6.45, 7) is 1.34. The molecular weight excluding hydrogens is 265 g/mol. The minimum Gasteiger partial charge on any atom is -0.387 e. The highest BCUT2D eigenvalue weighted by atomic mass is 79.9. The molecule has 0 atom stereocenters. The molecule has 1 aromatic carbocycles. The van der Waals surface area contributed by atoms with Crippen LogP contribution in [0.2, 0.25) is 5.02 Å². The summed E-state index contributed by atoms with van der Waals surface area (Å²) in [4.78, 5) is 0. The maximum absolute atomic E-state index is 9.94. The van der Waals surface area contributed by atoms with Crippen molar-refractivity contribution in [3.63, 3.8) is 0 Å². The zero-order valence-corrected chi connectivity index (χ0v) is 9.90. The Morgan fingerprint density at radius 2 is 2.21 bits per heavy atom. The summed E-state index contributed by atoms with van der Waals surface area (Å²) in [5, 5.41) is 13.7. The van der Waals surface area contributed by atoms with E-state index in [9.17, 15) is 5.11 Å². The van der Waals surface area contributed by atoms with Crippen molar-refractivity contribution in [1.29, 1.82) is 0 Å². The molecular formula is C10H11BrClNO. The van der Waals surface area contributed by atoms with Gasteiger partial charge in [-0.05, 0) is 17.7 Å². The van der Waals surface area contributed by atoms with E-state index in [1.165, 1.54) is 0 Å². The number of aliphatic hydroxyl groups is 1. The first-order chi connectivity index (χ1) is 6.59. The molecule has 2 N–H and O–H groups in total. The molecule has 0 spiro atoms. The summed E-state index contributed by atoms with van der Waals surface area (Å²) in [6, 6.07) is 5.64. The molecule has 76 valence electrons. The van der Waals surface area contributed by atoms with Crippen molar-refractivity contribution >= 4 is 27.5 Å². The molecule has 0 amide bonds. The quantitative estimate of drug-likeness (QED) is 0.866. The number of halogens is 2. The van der Waals surface area contributed by atoms with Crippen molar-refractivity contribution < 1.29 is 5.11 Å². The molecule has 0 unspecified atom stereocenters. The number of nitrogens with one attached hydrogen (secondary N) is 1. The molecule has 2 nitrogen and oxygen atoms in total. The molecule has 0 aromatic heterocycles. The fourth-order valence-corrected chi connectivity index (χ4v) is 2.38. The highest BCUT2D eigenvalue weighted by molar-refractivity contribution is 9.10. The van der Waals surface area contributed by atoms with Gasteiger partial charge in [0.25, 0.3) is 0 Å². The van der Waals surface area contributed by atoms with Gasteiger partial charge >= 0.3 is 0 Å². The average molecular weight is 277 g/mol. The predicted molar refractivity (Wildman–Crippen MR) is 60.7 cm³/mol. The molecule has 1 aliphatic rings. The lowest BCUT2D eigenvalue weighted by Crippen LogP contribution is -2.60. The van der Waals surface area contributed by atoms with E-state index in [1.807, 2.05) is 18.2 Å². The number of hydrogen-bond donors (Lipinski definition) is 2. The van der Waals surface area contributed by atoms with Crippen LogP contribution in [-0.4, -0.2) is 23.8 Å². The molecule has 4 heteroatoms. The Morgan fingerprint density at radius 3 is 2.71 bits per heavy atom. The normalized spacial score (nSPS) is 19.1. The van der Waals surface area contributed by atoms with Crippen molar-refractivity contribution in [2.24, 2.45) is 0 Å². The lowest BCUT2D eigenvalue weighted by molar-refractivity contribution is -0.00915. The van der Waals surface area contributed by atoms with Gasteiger partial charge in [0.2, 0.25) is 0 Å². The van der Waals surface area contributed by atoms with Crippen LogP contribution in [0.4, 0.5) is 0 Å². The van der Waals surface area contributed by atoms with Crippen LogP contribution in [0.3, 0.4) is 0 Å². The molecule has 14 heavy (non-hydrogen) atoms. The Kier molecular flexibility index (Phi) is 2.84.